The molecule has 0 aliphatic heterocycles. The Hall–Kier alpha value is -2.26. The molecule has 1 aliphatic rings. The maximum atomic E-state index is 3.44. The molecular formula is C31H40. The van der Waals surface area contributed by atoms with E-state index in [0.29, 0.717) is 5.92 Å². The second-order valence-corrected chi connectivity index (χ2v) is 9.16. The fourth-order valence-corrected chi connectivity index (χ4v) is 4.45. The summed E-state index contributed by atoms with van der Waals surface area (Å²) >= 11 is 0. The van der Waals surface area contributed by atoms with E-state index in [9.17, 15) is 0 Å². The van der Waals surface area contributed by atoms with Crippen LogP contribution < -0.4 is 0 Å². The number of unbranched alkanes of at least 4 members (excludes halogenated alkanes) is 5. The molecule has 0 radical (unpaired) electrons. The summed E-state index contributed by atoms with van der Waals surface area (Å²) in [5.41, 5.74) is 6.88. The van der Waals surface area contributed by atoms with E-state index in [0.717, 1.165) is 18.4 Å². The molecule has 1 aliphatic carbocycles. The van der Waals surface area contributed by atoms with E-state index < -0.39 is 0 Å². The fourth-order valence-electron chi connectivity index (χ4n) is 4.45. The lowest BCUT2D eigenvalue weighted by atomic mass is 9.84. The van der Waals surface area contributed by atoms with Gasteiger partial charge in [0.25, 0.3) is 0 Å². The minimum atomic E-state index is 0.655. The van der Waals surface area contributed by atoms with Crippen molar-refractivity contribution >= 4 is 0 Å². The first kappa shape index (κ1) is 23.4. The van der Waals surface area contributed by atoms with Gasteiger partial charge in [-0.15, -0.1) is 0 Å². The third kappa shape index (κ3) is 8.06. The molecule has 1 unspecified atom stereocenters. The third-order valence-corrected chi connectivity index (χ3v) is 6.57. The smallest absolute Gasteiger partial charge is 0.0249 e. The Bertz CT molecular complexity index is 855. The van der Waals surface area contributed by atoms with Gasteiger partial charge in [0.15, 0.2) is 0 Å². The molecule has 0 amide bonds. The molecule has 2 aromatic rings. The first-order valence-corrected chi connectivity index (χ1v) is 12.7. The van der Waals surface area contributed by atoms with Crippen molar-refractivity contribution in [1.29, 1.82) is 0 Å². The Kier molecular flexibility index (Phi) is 9.98. The molecule has 0 saturated carbocycles. The Morgan fingerprint density at radius 1 is 0.710 bits per heavy atom. The second-order valence-electron chi connectivity index (χ2n) is 9.16. The van der Waals surface area contributed by atoms with Crippen LogP contribution in [0.25, 0.3) is 0 Å². The molecule has 1 atom stereocenters. The van der Waals surface area contributed by atoms with Crippen molar-refractivity contribution in [3.05, 3.63) is 82.4 Å². The van der Waals surface area contributed by atoms with E-state index >= 15 is 0 Å². The minimum absolute atomic E-state index is 0.655. The highest BCUT2D eigenvalue weighted by molar-refractivity contribution is 5.42. The van der Waals surface area contributed by atoms with Crippen LogP contribution in [0.4, 0.5) is 0 Å². The predicted octanol–water partition coefficient (Wildman–Crippen LogP) is 8.79. The van der Waals surface area contributed by atoms with E-state index in [4.69, 9.17) is 0 Å². The van der Waals surface area contributed by atoms with E-state index in [-0.39, 0.29) is 0 Å². The van der Waals surface area contributed by atoms with E-state index in [2.05, 4.69) is 80.3 Å². The number of allylic oxidation sites excluding steroid dienone is 2. The van der Waals surface area contributed by atoms with Gasteiger partial charge in [-0.3, -0.25) is 0 Å². The van der Waals surface area contributed by atoms with Crippen molar-refractivity contribution in [3.8, 4) is 11.8 Å². The van der Waals surface area contributed by atoms with E-state index in [1.54, 1.807) is 0 Å². The lowest BCUT2D eigenvalue weighted by Crippen LogP contribution is -2.04. The molecule has 0 saturated heterocycles. The monoisotopic (exact) mass is 412 g/mol. The Morgan fingerprint density at radius 2 is 1.32 bits per heavy atom. The van der Waals surface area contributed by atoms with Gasteiger partial charge in [-0.2, -0.15) is 0 Å². The summed E-state index contributed by atoms with van der Waals surface area (Å²) in [6.07, 6.45) is 17.5. The molecule has 3 rings (SSSR count). The zero-order valence-electron chi connectivity index (χ0n) is 19.8. The van der Waals surface area contributed by atoms with Gasteiger partial charge in [0.2, 0.25) is 0 Å². The van der Waals surface area contributed by atoms with Crippen LogP contribution in [0.3, 0.4) is 0 Å². The average Bonchev–Trinajstić information content (AvgIpc) is 2.82. The first-order valence-electron chi connectivity index (χ1n) is 12.7. The standard InChI is InChI=1S/C31H40/c1-3-5-7-9-11-27-18-22-30(23-19-27)31-24-20-29(21-25-31)17-16-28-14-12-26(13-15-28)10-8-6-4-2/h12-15,18-20,22-23,31H,3-11,21,24-25H2,1-2H3. The zero-order valence-corrected chi connectivity index (χ0v) is 19.8. The van der Waals surface area contributed by atoms with Crippen LogP contribution in [-0.2, 0) is 12.8 Å². The van der Waals surface area contributed by atoms with Crippen LogP contribution in [0.1, 0.15) is 106 Å². The number of aryl methyl sites for hydroxylation is 2. The molecule has 0 spiro atoms. The van der Waals surface area contributed by atoms with Crippen molar-refractivity contribution in [2.75, 3.05) is 0 Å². The van der Waals surface area contributed by atoms with Crippen molar-refractivity contribution in [2.45, 2.75) is 96.8 Å². The topological polar surface area (TPSA) is 0 Å². The summed E-state index contributed by atoms with van der Waals surface area (Å²) in [6, 6.07) is 18.3. The Morgan fingerprint density at radius 3 is 1.94 bits per heavy atom. The highest BCUT2D eigenvalue weighted by Gasteiger charge is 2.15. The Balaban J connectivity index is 1.48. The predicted molar refractivity (Wildman–Crippen MR) is 136 cm³/mol. The summed E-state index contributed by atoms with van der Waals surface area (Å²) < 4.78 is 0. The van der Waals surface area contributed by atoms with Gasteiger partial charge >= 0.3 is 0 Å². The maximum absolute atomic E-state index is 3.44. The molecule has 0 nitrogen and oxygen atoms in total. The number of hydrogen-bond donors (Lipinski definition) is 0. The lowest BCUT2D eigenvalue weighted by Gasteiger charge is -2.20. The van der Waals surface area contributed by atoms with Gasteiger partial charge in [-0.1, -0.05) is 100 Å². The summed E-state index contributed by atoms with van der Waals surface area (Å²) in [5.74, 6) is 7.47. The molecule has 2 aromatic carbocycles. The molecule has 164 valence electrons. The van der Waals surface area contributed by atoms with Crippen molar-refractivity contribution < 1.29 is 0 Å². The van der Waals surface area contributed by atoms with Gasteiger partial charge in [-0.05, 0) is 85.3 Å². The van der Waals surface area contributed by atoms with Crippen LogP contribution in [0, 0.1) is 11.8 Å². The van der Waals surface area contributed by atoms with Crippen LogP contribution >= 0.6 is 0 Å². The van der Waals surface area contributed by atoms with E-state index in [1.807, 2.05) is 0 Å². The van der Waals surface area contributed by atoms with Gasteiger partial charge in [0.05, 0.1) is 0 Å². The average molecular weight is 413 g/mol. The second kappa shape index (κ2) is 13.2. The van der Waals surface area contributed by atoms with Crippen molar-refractivity contribution in [1.82, 2.24) is 0 Å². The van der Waals surface area contributed by atoms with Crippen LogP contribution in [0.2, 0.25) is 0 Å². The highest BCUT2D eigenvalue weighted by Crippen LogP contribution is 2.32. The molecule has 0 heteroatoms. The van der Waals surface area contributed by atoms with Gasteiger partial charge < -0.3 is 0 Å². The first-order chi connectivity index (χ1) is 15.3. The largest absolute Gasteiger partial charge is 0.0723 e. The number of hydrogen-bond acceptors (Lipinski definition) is 0. The fraction of sp³-hybridized carbons (Fsp3) is 0.484. The molecular weight excluding hydrogens is 372 g/mol. The zero-order chi connectivity index (χ0) is 21.7. The van der Waals surface area contributed by atoms with Crippen LogP contribution in [0.5, 0.6) is 0 Å². The van der Waals surface area contributed by atoms with Gasteiger partial charge in [0, 0.05) is 5.56 Å². The molecule has 0 N–H and O–H groups in total. The number of rotatable bonds is 10. The van der Waals surface area contributed by atoms with Crippen LogP contribution in [-0.4, -0.2) is 0 Å². The van der Waals surface area contributed by atoms with E-state index in [1.165, 1.54) is 86.5 Å². The van der Waals surface area contributed by atoms with Gasteiger partial charge in [0.1, 0.15) is 0 Å². The van der Waals surface area contributed by atoms with Gasteiger partial charge in [-0.25, -0.2) is 0 Å². The maximum Gasteiger partial charge on any atom is 0.0249 e. The lowest BCUT2D eigenvalue weighted by molar-refractivity contribution is 0.607. The molecule has 0 fully saturated rings. The quantitative estimate of drug-likeness (QED) is 0.270. The summed E-state index contributed by atoms with van der Waals surface area (Å²) in [5, 5.41) is 0. The molecule has 0 bridgehead atoms. The SMILES string of the molecule is CCCCCCc1ccc(C2CC=C(C#Cc3ccc(CCCCC)cc3)CC2)cc1. The van der Waals surface area contributed by atoms with Crippen LogP contribution in [0.15, 0.2) is 60.2 Å². The van der Waals surface area contributed by atoms with Crippen molar-refractivity contribution in [3.63, 3.8) is 0 Å². The normalized spacial score (nSPS) is 15.8. The van der Waals surface area contributed by atoms with Crippen molar-refractivity contribution in [2.24, 2.45) is 0 Å². The minimum Gasteiger partial charge on any atom is -0.0723 e. The number of benzene rings is 2. The summed E-state index contributed by atoms with van der Waals surface area (Å²) in [6.45, 7) is 4.53. The summed E-state index contributed by atoms with van der Waals surface area (Å²) in [4.78, 5) is 0. The Labute approximate surface area is 191 Å². The summed E-state index contributed by atoms with van der Waals surface area (Å²) in [7, 11) is 0. The third-order valence-electron chi connectivity index (χ3n) is 6.57. The molecule has 31 heavy (non-hydrogen) atoms. The molecule has 0 heterocycles. The molecule has 0 aromatic heterocycles. The highest BCUT2D eigenvalue weighted by atomic mass is 14.2.